The Kier molecular flexibility index (Phi) is 9.52. The molecule has 2 aliphatic heterocycles. The van der Waals surface area contributed by atoms with E-state index in [9.17, 15) is 4.79 Å². The van der Waals surface area contributed by atoms with Crippen molar-refractivity contribution in [1.29, 1.82) is 0 Å². The molecule has 0 spiro atoms. The summed E-state index contributed by atoms with van der Waals surface area (Å²) in [6, 6.07) is 9.08. The number of amides is 1. The number of nitrogens with one attached hydrogen (secondary N) is 2. The molecule has 2 heterocycles. The number of hydrogen-bond donors (Lipinski definition) is 2. The molecule has 2 saturated heterocycles. The van der Waals surface area contributed by atoms with E-state index in [1.54, 1.807) is 4.90 Å². The van der Waals surface area contributed by atoms with Gasteiger partial charge in [-0.2, -0.15) is 0 Å². The summed E-state index contributed by atoms with van der Waals surface area (Å²) in [5, 5.41) is 6.80. The topological polar surface area (TPSA) is 60.0 Å². The van der Waals surface area contributed by atoms with Crippen molar-refractivity contribution in [2.24, 2.45) is 10.9 Å². The van der Waals surface area contributed by atoms with Crippen molar-refractivity contribution in [2.75, 3.05) is 38.1 Å². The molecule has 1 atom stereocenters. The number of benzene rings is 1. The minimum absolute atomic E-state index is 0. The number of guanidine groups is 1. The molecule has 2 N–H and O–H groups in total. The molecule has 1 unspecified atom stereocenters. The lowest BCUT2D eigenvalue weighted by Gasteiger charge is -2.32. The van der Waals surface area contributed by atoms with Crippen LogP contribution in [0.5, 0.6) is 0 Å². The highest BCUT2D eigenvalue weighted by Crippen LogP contribution is 2.23. The molecule has 0 aromatic heterocycles. The van der Waals surface area contributed by atoms with Gasteiger partial charge in [-0.3, -0.25) is 4.79 Å². The number of piperidine rings is 2. The van der Waals surface area contributed by atoms with Gasteiger partial charge in [-0.1, -0.05) is 19.1 Å². The van der Waals surface area contributed by atoms with Gasteiger partial charge in [-0.25, -0.2) is 4.99 Å². The summed E-state index contributed by atoms with van der Waals surface area (Å²) in [5.41, 5.74) is 2.53. The van der Waals surface area contributed by atoms with Crippen LogP contribution in [0.1, 0.15) is 45.1 Å². The Labute approximate surface area is 192 Å². The van der Waals surface area contributed by atoms with Crippen LogP contribution in [-0.2, 0) is 11.3 Å². The molecule has 1 amide bonds. The standard InChI is InChI=1S/C22H35N5O.HI/c1-4-23-22(25-19-7-10-21(28)26(3)16-19)24-15-18-5-8-20(9-6-18)27-13-11-17(2)12-14-27;/h5-6,8-9,17,19H,4,7,10-16H2,1-3H3,(H2,23,24,25);1H. The van der Waals surface area contributed by atoms with Crippen LogP contribution in [0.15, 0.2) is 29.3 Å². The predicted molar refractivity (Wildman–Crippen MR) is 131 cm³/mol. The number of likely N-dealkylation sites (tertiary alicyclic amines) is 1. The summed E-state index contributed by atoms with van der Waals surface area (Å²) >= 11 is 0. The molecule has 7 heteroatoms. The first kappa shape index (κ1) is 23.8. The van der Waals surface area contributed by atoms with Crippen molar-refractivity contribution < 1.29 is 4.79 Å². The second-order valence-electron chi connectivity index (χ2n) is 8.19. The van der Waals surface area contributed by atoms with Gasteiger partial charge in [0.05, 0.1) is 6.54 Å². The molecule has 29 heavy (non-hydrogen) atoms. The summed E-state index contributed by atoms with van der Waals surface area (Å²) < 4.78 is 0. The van der Waals surface area contributed by atoms with E-state index in [0.717, 1.165) is 44.5 Å². The van der Waals surface area contributed by atoms with E-state index in [0.29, 0.717) is 13.0 Å². The van der Waals surface area contributed by atoms with Crippen molar-refractivity contribution in [3.63, 3.8) is 0 Å². The molecule has 1 aromatic rings. The van der Waals surface area contributed by atoms with Crippen LogP contribution < -0.4 is 15.5 Å². The zero-order chi connectivity index (χ0) is 19.9. The average Bonchev–Trinajstić information content (AvgIpc) is 2.70. The van der Waals surface area contributed by atoms with E-state index in [2.05, 4.69) is 53.6 Å². The second-order valence-corrected chi connectivity index (χ2v) is 8.19. The van der Waals surface area contributed by atoms with Crippen LogP contribution in [0.3, 0.4) is 0 Å². The highest BCUT2D eigenvalue weighted by molar-refractivity contribution is 14.0. The van der Waals surface area contributed by atoms with Gasteiger partial charge in [0, 0.05) is 51.4 Å². The number of anilines is 1. The molecule has 3 rings (SSSR count). The number of hydrogen-bond acceptors (Lipinski definition) is 3. The van der Waals surface area contributed by atoms with E-state index in [1.807, 2.05) is 7.05 Å². The first-order chi connectivity index (χ1) is 13.5. The molecule has 2 fully saturated rings. The van der Waals surface area contributed by atoms with Gasteiger partial charge in [-0.05, 0) is 49.8 Å². The van der Waals surface area contributed by atoms with Gasteiger partial charge in [0.15, 0.2) is 5.96 Å². The predicted octanol–water partition coefficient (Wildman–Crippen LogP) is 3.22. The number of nitrogens with zero attached hydrogens (tertiary/aromatic N) is 3. The molecule has 2 aliphatic rings. The molecule has 0 aliphatic carbocycles. The van der Waals surface area contributed by atoms with Gasteiger partial charge in [-0.15, -0.1) is 24.0 Å². The summed E-state index contributed by atoms with van der Waals surface area (Å²) in [7, 11) is 1.87. The third kappa shape index (κ3) is 7.04. The maximum atomic E-state index is 11.7. The van der Waals surface area contributed by atoms with E-state index in [1.165, 1.54) is 24.1 Å². The van der Waals surface area contributed by atoms with Crippen LogP contribution in [0.4, 0.5) is 5.69 Å². The number of halogens is 1. The molecule has 0 bridgehead atoms. The van der Waals surface area contributed by atoms with Crippen molar-refractivity contribution in [2.45, 2.75) is 52.1 Å². The van der Waals surface area contributed by atoms with Gasteiger partial charge in [0.2, 0.25) is 5.91 Å². The van der Waals surface area contributed by atoms with Crippen LogP contribution in [0.25, 0.3) is 0 Å². The number of aliphatic imine (C=N–C) groups is 1. The monoisotopic (exact) mass is 513 g/mol. The summed E-state index contributed by atoms with van der Waals surface area (Å²) in [4.78, 5) is 20.7. The van der Waals surface area contributed by atoms with E-state index in [4.69, 9.17) is 4.99 Å². The minimum atomic E-state index is 0. The fourth-order valence-corrected chi connectivity index (χ4v) is 3.89. The fourth-order valence-electron chi connectivity index (χ4n) is 3.89. The highest BCUT2D eigenvalue weighted by atomic mass is 127. The Morgan fingerprint density at radius 1 is 1.17 bits per heavy atom. The Morgan fingerprint density at radius 2 is 1.86 bits per heavy atom. The first-order valence-corrected chi connectivity index (χ1v) is 10.7. The molecular weight excluding hydrogens is 477 g/mol. The molecular formula is C22H36IN5O. The molecule has 6 nitrogen and oxygen atoms in total. The van der Waals surface area contributed by atoms with Crippen molar-refractivity contribution in [1.82, 2.24) is 15.5 Å². The molecule has 0 radical (unpaired) electrons. The van der Waals surface area contributed by atoms with Crippen LogP contribution >= 0.6 is 24.0 Å². The largest absolute Gasteiger partial charge is 0.372 e. The smallest absolute Gasteiger partial charge is 0.222 e. The molecule has 1 aromatic carbocycles. The summed E-state index contributed by atoms with van der Waals surface area (Å²) in [5.74, 6) is 1.90. The zero-order valence-electron chi connectivity index (χ0n) is 18.0. The van der Waals surface area contributed by atoms with Crippen LogP contribution in [0.2, 0.25) is 0 Å². The fraction of sp³-hybridized carbons (Fsp3) is 0.636. The lowest BCUT2D eigenvalue weighted by molar-refractivity contribution is -0.132. The first-order valence-electron chi connectivity index (χ1n) is 10.7. The molecule has 162 valence electrons. The quantitative estimate of drug-likeness (QED) is 0.361. The number of rotatable bonds is 5. The lowest BCUT2D eigenvalue weighted by atomic mass is 9.99. The number of likely N-dealkylation sites (N-methyl/N-ethyl adjacent to an activating group) is 1. The normalized spacial score (nSPS) is 21.0. The Hall–Kier alpha value is -1.51. The van der Waals surface area contributed by atoms with E-state index >= 15 is 0 Å². The van der Waals surface area contributed by atoms with Gasteiger partial charge in [0.25, 0.3) is 0 Å². The van der Waals surface area contributed by atoms with Crippen molar-refractivity contribution in [3.05, 3.63) is 29.8 Å². The Morgan fingerprint density at radius 3 is 2.48 bits per heavy atom. The van der Waals surface area contributed by atoms with Crippen LogP contribution in [0, 0.1) is 5.92 Å². The third-order valence-corrected chi connectivity index (χ3v) is 5.82. The van der Waals surface area contributed by atoms with Gasteiger partial charge >= 0.3 is 0 Å². The van der Waals surface area contributed by atoms with Crippen LogP contribution in [-0.4, -0.2) is 56.0 Å². The number of carbonyl (C=O) groups excluding carboxylic acids is 1. The number of carbonyl (C=O) groups is 1. The highest BCUT2D eigenvalue weighted by Gasteiger charge is 2.23. The van der Waals surface area contributed by atoms with Crippen molar-refractivity contribution >= 4 is 41.5 Å². The lowest BCUT2D eigenvalue weighted by Crippen LogP contribution is -2.51. The average molecular weight is 513 g/mol. The second kappa shape index (κ2) is 11.6. The van der Waals surface area contributed by atoms with Crippen molar-refractivity contribution in [3.8, 4) is 0 Å². The SMILES string of the molecule is CCNC(=NCc1ccc(N2CCC(C)CC2)cc1)NC1CCC(=O)N(C)C1.I. The summed E-state index contributed by atoms with van der Waals surface area (Å²) in [6.07, 6.45) is 4.03. The Balaban J connectivity index is 0.00000300. The van der Waals surface area contributed by atoms with E-state index in [-0.39, 0.29) is 35.9 Å². The minimum Gasteiger partial charge on any atom is -0.372 e. The van der Waals surface area contributed by atoms with Gasteiger partial charge < -0.3 is 20.4 Å². The summed E-state index contributed by atoms with van der Waals surface area (Å²) in [6.45, 7) is 8.93. The maximum Gasteiger partial charge on any atom is 0.222 e. The van der Waals surface area contributed by atoms with Gasteiger partial charge in [0.1, 0.15) is 0 Å². The maximum absolute atomic E-state index is 11.7. The Bertz CT molecular complexity index is 670. The van der Waals surface area contributed by atoms with E-state index < -0.39 is 0 Å². The third-order valence-electron chi connectivity index (χ3n) is 5.82. The zero-order valence-corrected chi connectivity index (χ0v) is 20.3. The molecule has 0 saturated carbocycles.